The Morgan fingerprint density at radius 2 is 1.57 bits per heavy atom. The van der Waals surface area contributed by atoms with E-state index in [-0.39, 0.29) is 5.91 Å². The number of hydrogen-bond donors (Lipinski definition) is 0. The highest BCUT2D eigenvalue weighted by Gasteiger charge is 2.20. The number of carbonyl (C=O) groups excluding carboxylic acids is 1. The first-order valence-electron chi connectivity index (χ1n) is 10.5. The molecule has 0 fully saturated rings. The molecular formula is C26H27BrN2O. The lowest BCUT2D eigenvalue weighted by Gasteiger charge is -2.28. The van der Waals surface area contributed by atoms with Gasteiger partial charge in [0.25, 0.3) is 5.91 Å². The second-order valence-electron chi connectivity index (χ2n) is 7.95. The molecule has 4 rings (SSSR count). The highest BCUT2D eigenvalue weighted by Crippen LogP contribution is 2.35. The van der Waals surface area contributed by atoms with Crippen LogP contribution >= 0.6 is 15.9 Å². The summed E-state index contributed by atoms with van der Waals surface area (Å²) in [6.07, 6.45) is 3.02. The lowest BCUT2D eigenvalue weighted by Crippen LogP contribution is -2.30. The summed E-state index contributed by atoms with van der Waals surface area (Å²) in [4.78, 5) is 17.1. The van der Waals surface area contributed by atoms with Crippen LogP contribution < -0.4 is 4.90 Å². The first-order valence-corrected chi connectivity index (χ1v) is 11.3. The summed E-state index contributed by atoms with van der Waals surface area (Å²) in [7, 11) is 1.89. The molecule has 3 aromatic rings. The summed E-state index contributed by atoms with van der Waals surface area (Å²) in [5, 5.41) is 0. The number of halogens is 1. The maximum Gasteiger partial charge on any atom is 0.253 e. The second-order valence-corrected chi connectivity index (χ2v) is 8.81. The first kappa shape index (κ1) is 20.7. The maximum absolute atomic E-state index is 12.8. The zero-order valence-corrected chi connectivity index (χ0v) is 19.2. The number of hydrogen-bond acceptors (Lipinski definition) is 2. The van der Waals surface area contributed by atoms with Crippen LogP contribution in [0.4, 0.5) is 11.4 Å². The van der Waals surface area contributed by atoms with Crippen molar-refractivity contribution in [3.05, 3.63) is 93.5 Å². The summed E-state index contributed by atoms with van der Waals surface area (Å²) in [5.41, 5.74) is 7.18. The number of fused-ring (bicyclic) bond motifs is 2. The Morgan fingerprint density at radius 3 is 2.17 bits per heavy atom. The van der Waals surface area contributed by atoms with Gasteiger partial charge >= 0.3 is 0 Å². The Labute approximate surface area is 187 Å². The van der Waals surface area contributed by atoms with Gasteiger partial charge in [-0.3, -0.25) is 4.79 Å². The van der Waals surface area contributed by atoms with Crippen LogP contribution in [0.15, 0.2) is 71.2 Å². The third-order valence-electron chi connectivity index (χ3n) is 5.86. The Kier molecular flexibility index (Phi) is 6.24. The number of para-hydroxylation sites is 2. The van der Waals surface area contributed by atoms with Crippen LogP contribution in [-0.2, 0) is 12.8 Å². The van der Waals surface area contributed by atoms with Gasteiger partial charge in [-0.15, -0.1) is 0 Å². The summed E-state index contributed by atoms with van der Waals surface area (Å²) < 4.78 is 1.03. The smallest absolute Gasteiger partial charge is 0.253 e. The molecule has 0 saturated heterocycles. The van der Waals surface area contributed by atoms with E-state index in [1.807, 2.05) is 37.1 Å². The van der Waals surface area contributed by atoms with Crippen LogP contribution in [0.2, 0.25) is 0 Å². The Balaban J connectivity index is 1.48. The van der Waals surface area contributed by atoms with Gasteiger partial charge in [-0.2, -0.15) is 0 Å². The molecule has 154 valence electrons. The lowest BCUT2D eigenvalue weighted by molar-refractivity contribution is 0.0794. The monoisotopic (exact) mass is 462 g/mol. The fraction of sp³-hybridized carbons (Fsp3) is 0.269. The summed E-state index contributed by atoms with van der Waals surface area (Å²) >= 11 is 3.50. The highest BCUT2D eigenvalue weighted by atomic mass is 79.9. The van der Waals surface area contributed by atoms with Gasteiger partial charge in [0.2, 0.25) is 0 Å². The van der Waals surface area contributed by atoms with Crippen molar-refractivity contribution in [1.82, 2.24) is 4.90 Å². The van der Waals surface area contributed by atoms with Crippen LogP contribution in [0.5, 0.6) is 0 Å². The normalized spacial score (nSPS) is 12.7. The van der Waals surface area contributed by atoms with Crippen molar-refractivity contribution in [2.24, 2.45) is 0 Å². The number of anilines is 2. The minimum atomic E-state index is 0.0715. The molecule has 0 aromatic heterocycles. The predicted octanol–water partition coefficient (Wildman–Crippen LogP) is 6.16. The van der Waals surface area contributed by atoms with Gasteiger partial charge in [0.1, 0.15) is 0 Å². The van der Waals surface area contributed by atoms with Crippen molar-refractivity contribution in [3.63, 3.8) is 0 Å². The SMILES string of the molecule is Cc1cc(C(=O)N(C)CCCN2c3ccccc3CCc3ccccc32)ccc1Br. The molecule has 0 radical (unpaired) electrons. The van der Waals surface area contributed by atoms with E-state index in [0.717, 1.165) is 48.0 Å². The lowest BCUT2D eigenvalue weighted by atomic mass is 10.0. The maximum atomic E-state index is 12.8. The standard InChI is InChI=1S/C26H27BrN2O/c1-19-18-22(14-15-23(19)27)26(30)28(2)16-7-17-29-24-10-5-3-8-20(24)12-13-21-9-4-6-11-25(21)29/h3-6,8-11,14-15,18H,7,12-13,16-17H2,1-2H3. The van der Waals surface area contributed by atoms with Crippen LogP contribution in [-0.4, -0.2) is 30.9 Å². The van der Waals surface area contributed by atoms with Crippen molar-refractivity contribution < 1.29 is 4.79 Å². The molecule has 3 aromatic carbocycles. The van der Waals surface area contributed by atoms with E-state index >= 15 is 0 Å². The summed E-state index contributed by atoms with van der Waals surface area (Å²) in [6.45, 7) is 3.61. The minimum Gasteiger partial charge on any atom is -0.342 e. The molecular weight excluding hydrogens is 436 g/mol. The molecule has 4 heteroatoms. The average molecular weight is 463 g/mol. The Hall–Kier alpha value is -2.59. The van der Waals surface area contributed by atoms with Crippen LogP contribution in [0, 0.1) is 6.92 Å². The van der Waals surface area contributed by atoms with Gasteiger partial charge in [0.15, 0.2) is 0 Å². The van der Waals surface area contributed by atoms with Gasteiger partial charge in [-0.25, -0.2) is 0 Å². The fourth-order valence-electron chi connectivity index (χ4n) is 4.18. The number of nitrogens with zero attached hydrogens (tertiary/aromatic N) is 2. The minimum absolute atomic E-state index is 0.0715. The molecule has 0 aliphatic carbocycles. The van der Waals surface area contributed by atoms with Gasteiger partial charge < -0.3 is 9.80 Å². The van der Waals surface area contributed by atoms with E-state index < -0.39 is 0 Å². The summed E-state index contributed by atoms with van der Waals surface area (Å²) in [5.74, 6) is 0.0715. The van der Waals surface area contributed by atoms with Gasteiger partial charge in [-0.05, 0) is 73.2 Å². The molecule has 0 spiro atoms. The van der Waals surface area contributed by atoms with E-state index in [1.54, 1.807) is 0 Å². The molecule has 0 saturated carbocycles. The van der Waals surface area contributed by atoms with Crippen molar-refractivity contribution in [2.45, 2.75) is 26.2 Å². The van der Waals surface area contributed by atoms with E-state index in [0.29, 0.717) is 0 Å². The van der Waals surface area contributed by atoms with Gasteiger partial charge in [0.05, 0.1) is 0 Å². The number of benzene rings is 3. The Bertz CT molecular complexity index is 1010. The zero-order chi connectivity index (χ0) is 21.1. The highest BCUT2D eigenvalue weighted by molar-refractivity contribution is 9.10. The van der Waals surface area contributed by atoms with Crippen LogP contribution in [0.25, 0.3) is 0 Å². The summed E-state index contributed by atoms with van der Waals surface area (Å²) in [6, 6.07) is 23.2. The molecule has 1 aliphatic rings. The van der Waals surface area contributed by atoms with E-state index in [1.165, 1.54) is 22.5 Å². The largest absolute Gasteiger partial charge is 0.342 e. The number of rotatable bonds is 5. The predicted molar refractivity (Wildman–Crippen MR) is 128 cm³/mol. The van der Waals surface area contributed by atoms with Gasteiger partial charge in [0, 0.05) is 41.5 Å². The first-order chi connectivity index (χ1) is 14.5. The van der Waals surface area contributed by atoms with Crippen molar-refractivity contribution in [2.75, 3.05) is 25.0 Å². The Morgan fingerprint density at radius 1 is 0.967 bits per heavy atom. The molecule has 0 N–H and O–H groups in total. The molecule has 1 heterocycles. The fourth-order valence-corrected chi connectivity index (χ4v) is 4.42. The molecule has 3 nitrogen and oxygen atoms in total. The van der Waals surface area contributed by atoms with E-state index in [9.17, 15) is 4.79 Å². The number of carbonyl (C=O) groups is 1. The second kappa shape index (κ2) is 9.05. The van der Waals surface area contributed by atoms with Crippen LogP contribution in [0.1, 0.15) is 33.5 Å². The third-order valence-corrected chi connectivity index (χ3v) is 6.75. The zero-order valence-electron chi connectivity index (χ0n) is 17.6. The third kappa shape index (κ3) is 4.29. The molecule has 0 atom stereocenters. The number of aryl methyl sites for hydroxylation is 3. The molecule has 30 heavy (non-hydrogen) atoms. The molecule has 0 unspecified atom stereocenters. The average Bonchev–Trinajstić information content (AvgIpc) is 2.92. The number of amides is 1. The molecule has 0 bridgehead atoms. The van der Waals surface area contributed by atoms with E-state index in [2.05, 4.69) is 69.4 Å². The van der Waals surface area contributed by atoms with Gasteiger partial charge in [-0.1, -0.05) is 52.3 Å². The van der Waals surface area contributed by atoms with Crippen molar-refractivity contribution in [1.29, 1.82) is 0 Å². The topological polar surface area (TPSA) is 23.6 Å². The van der Waals surface area contributed by atoms with E-state index in [4.69, 9.17) is 0 Å². The van der Waals surface area contributed by atoms with Crippen molar-refractivity contribution >= 4 is 33.2 Å². The van der Waals surface area contributed by atoms with Crippen LogP contribution in [0.3, 0.4) is 0 Å². The van der Waals surface area contributed by atoms with Crippen molar-refractivity contribution in [3.8, 4) is 0 Å². The molecule has 1 amide bonds. The molecule has 1 aliphatic heterocycles. The quantitative estimate of drug-likeness (QED) is 0.453.